The molecule has 4 heterocycles. The molecule has 1 atom stereocenters. The minimum Gasteiger partial charge on any atom is -0.500 e. The van der Waals surface area contributed by atoms with Crippen molar-refractivity contribution in [3.8, 4) is 0 Å². The molecule has 8 nitrogen and oxygen atoms in total. The highest BCUT2D eigenvalue weighted by atomic mass is 32.2. The van der Waals surface area contributed by atoms with Crippen LogP contribution in [0.1, 0.15) is 19.5 Å². The highest BCUT2D eigenvalue weighted by Gasteiger charge is 2.34. The second kappa shape index (κ2) is 7.17. The number of ether oxygens (including phenoxy) is 1. The van der Waals surface area contributed by atoms with Crippen molar-refractivity contribution >= 4 is 49.2 Å². The van der Waals surface area contributed by atoms with Crippen LogP contribution in [-0.2, 0) is 11.3 Å². The maximum absolute atomic E-state index is 12.8. The molecular weight excluding hydrogens is 380 g/mol. The lowest BCUT2D eigenvalue weighted by molar-refractivity contribution is -0.233. The summed E-state index contributed by atoms with van der Waals surface area (Å²) in [5, 5.41) is 15.0. The Balaban J connectivity index is 1.75. The van der Waals surface area contributed by atoms with E-state index < -0.39 is 21.8 Å². The van der Waals surface area contributed by atoms with Gasteiger partial charge in [0.15, 0.2) is 5.38 Å². The molecule has 0 bridgehead atoms. The summed E-state index contributed by atoms with van der Waals surface area (Å²) in [5.41, 5.74) is 1.69. The van der Waals surface area contributed by atoms with Crippen LogP contribution in [0.5, 0.6) is 0 Å². The zero-order valence-electron chi connectivity index (χ0n) is 15.3. The van der Waals surface area contributed by atoms with Crippen LogP contribution in [-0.4, -0.2) is 27.9 Å². The van der Waals surface area contributed by atoms with E-state index in [4.69, 9.17) is 4.74 Å². The standard InChI is InChI=1S/C19H18N4O4S/c1-11(2)8-27-9-12-4-3-5-15(21-12)23-14-6-7-20-17-16(14)13(22-18(23)24)10-28(17)19(25)26/h3-7,10-11H,8-9H2,1-2H3,(H-,22,24,25,26). The molecule has 3 aromatic heterocycles. The summed E-state index contributed by atoms with van der Waals surface area (Å²) >= 11 is 0. The van der Waals surface area contributed by atoms with Crippen LogP contribution in [0.2, 0.25) is 0 Å². The zero-order valence-corrected chi connectivity index (χ0v) is 16.2. The number of anilines is 3. The number of thiophene rings is 1. The number of pyridine rings is 2. The molecule has 0 aliphatic carbocycles. The molecule has 1 N–H and O–H groups in total. The quantitative estimate of drug-likeness (QED) is 0.638. The number of rotatable bonds is 6. The molecule has 1 aliphatic heterocycles. The average Bonchev–Trinajstić information content (AvgIpc) is 3.02. The Kier molecular flexibility index (Phi) is 4.70. The van der Waals surface area contributed by atoms with Gasteiger partial charge in [-0.05, 0) is 24.1 Å². The van der Waals surface area contributed by atoms with Crippen LogP contribution in [0, 0.1) is 5.92 Å². The second-order valence-electron chi connectivity index (χ2n) is 6.79. The second-order valence-corrected chi connectivity index (χ2v) is 8.42. The molecule has 28 heavy (non-hydrogen) atoms. The van der Waals surface area contributed by atoms with E-state index in [0.29, 0.717) is 52.2 Å². The van der Waals surface area contributed by atoms with E-state index in [1.165, 1.54) is 16.5 Å². The number of carbonyl (C=O) groups excluding carboxylic acids is 2. The number of hydrogen-bond donors (Lipinski definition) is 1. The molecule has 0 saturated carbocycles. The number of carbonyl (C=O) groups is 2. The van der Waals surface area contributed by atoms with E-state index in [1.807, 2.05) is 12.1 Å². The summed E-state index contributed by atoms with van der Waals surface area (Å²) in [7, 11) is -1.30. The molecule has 1 aliphatic rings. The number of nitrogens with one attached hydrogen (secondary N) is 1. The lowest BCUT2D eigenvalue weighted by Gasteiger charge is -2.26. The van der Waals surface area contributed by atoms with Crippen molar-refractivity contribution in [1.29, 1.82) is 0 Å². The molecule has 4 rings (SSSR count). The molecule has 0 spiro atoms. The van der Waals surface area contributed by atoms with Gasteiger partial charge in [-0.25, -0.2) is 19.7 Å². The Hall–Kier alpha value is -3.04. The highest BCUT2D eigenvalue weighted by molar-refractivity contribution is 7.54. The third kappa shape index (κ3) is 3.19. The predicted octanol–water partition coefficient (Wildman–Crippen LogP) is 3.43. The van der Waals surface area contributed by atoms with Crippen molar-refractivity contribution in [2.75, 3.05) is 16.8 Å². The minimum atomic E-state index is -1.30. The van der Waals surface area contributed by atoms with Crippen LogP contribution in [0.15, 0.2) is 35.8 Å². The number of aromatic nitrogens is 2. The number of urea groups is 1. The largest absolute Gasteiger partial charge is 0.500 e. The Morgan fingerprint density at radius 1 is 1.36 bits per heavy atom. The fraction of sp³-hybridized carbons (Fsp3) is 0.263. The van der Waals surface area contributed by atoms with Crippen LogP contribution < -0.4 is 15.3 Å². The monoisotopic (exact) mass is 398 g/mol. The first-order valence-corrected chi connectivity index (χ1v) is 10.0. The van der Waals surface area contributed by atoms with Gasteiger partial charge >= 0.3 is 11.3 Å². The average molecular weight is 398 g/mol. The minimum absolute atomic E-state index is 0.342. The molecule has 3 aromatic rings. The van der Waals surface area contributed by atoms with Crippen molar-refractivity contribution in [3.05, 3.63) is 41.5 Å². The maximum Gasteiger partial charge on any atom is 0.332 e. The molecular formula is C19H18N4O4S. The topological polar surface area (TPSA) is 107 Å². The molecule has 144 valence electrons. The first-order chi connectivity index (χ1) is 13.5. The fourth-order valence-electron chi connectivity index (χ4n) is 3.07. The van der Waals surface area contributed by atoms with E-state index in [-0.39, 0.29) is 0 Å². The maximum atomic E-state index is 12.8. The summed E-state index contributed by atoms with van der Waals surface area (Å²) in [5.74, 6) is 0.842. The number of nitrogens with zero attached hydrogens (tertiary/aromatic N) is 3. The number of amides is 2. The molecule has 0 saturated heterocycles. The summed E-state index contributed by atoms with van der Waals surface area (Å²) in [4.78, 5) is 34.8. The van der Waals surface area contributed by atoms with Gasteiger partial charge in [-0.2, -0.15) is 0 Å². The fourth-order valence-corrected chi connectivity index (χ4v) is 4.46. The van der Waals surface area contributed by atoms with Crippen LogP contribution in [0.25, 0.3) is 10.2 Å². The van der Waals surface area contributed by atoms with Crippen molar-refractivity contribution in [2.45, 2.75) is 20.5 Å². The van der Waals surface area contributed by atoms with Crippen molar-refractivity contribution in [1.82, 2.24) is 9.97 Å². The molecule has 9 heteroatoms. The van der Waals surface area contributed by atoms with Gasteiger partial charge in [-0.15, -0.1) is 0 Å². The SMILES string of the molecule is CC(C)COCc1cccc(N2C(=O)Nc3c[s+](C(=O)[O-])c4nccc2c34)n1. The Morgan fingerprint density at radius 3 is 2.93 bits per heavy atom. The lowest BCUT2D eigenvalue weighted by atomic mass is 10.2. The zero-order chi connectivity index (χ0) is 19.8. The van der Waals surface area contributed by atoms with Crippen molar-refractivity contribution < 1.29 is 19.4 Å². The Labute approximate surface area is 163 Å². The summed E-state index contributed by atoms with van der Waals surface area (Å²) in [6.07, 6.45) is 1.50. The molecule has 1 unspecified atom stereocenters. The van der Waals surface area contributed by atoms with Crippen LogP contribution in [0.3, 0.4) is 0 Å². The number of carboxylic acid groups (broad SMARTS) is 1. The Morgan fingerprint density at radius 2 is 2.18 bits per heavy atom. The van der Waals surface area contributed by atoms with E-state index in [1.54, 1.807) is 12.1 Å². The predicted molar refractivity (Wildman–Crippen MR) is 105 cm³/mol. The van der Waals surface area contributed by atoms with Gasteiger partial charge in [-0.3, -0.25) is 0 Å². The van der Waals surface area contributed by atoms with Gasteiger partial charge in [0.05, 0.1) is 28.5 Å². The van der Waals surface area contributed by atoms with E-state index in [9.17, 15) is 14.7 Å². The third-order valence-electron chi connectivity index (χ3n) is 4.19. The molecule has 0 fully saturated rings. The smallest absolute Gasteiger partial charge is 0.332 e. The van der Waals surface area contributed by atoms with Gasteiger partial charge in [-0.1, -0.05) is 19.9 Å². The number of hydrogen-bond acceptors (Lipinski definition) is 6. The third-order valence-corrected chi connectivity index (χ3v) is 5.75. The van der Waals surface area contributed by atoms with E-state index in [0.717, 1.165) is 0 Å². The van der Waals surface area contributed by atoms with Crippen LogP contribution in [0.4, 0.5) is 26.8 Å². The van der Waals surface area contributed by atoms with Gasteiger partial charge in [0.1, 0.15) is 16.9 Å². The molecule has 0 radical (unpaired) electrons. The first-order valence-electron chi connectivity index (χ1n) is 8.75. The Bertz CT molecular complexity index is 1080. The lowest BCUT2D eigenvalue weighted by Crippen LogP contribution is -2.34. The van der Waals surface area contributed by atoms with E-state index in [2.05, 4.69) is 29.1 Å². The van der Waals surface area contributed by atoms with E-state index >= 15 is 0 Å². The summed E-state index contributed by atoms with van der Waals surface area (Å²) < 4.78 is 5.63. The van der Waals surface area contributed by atoms with Gasteiger partial charge in [0.2, 0.25) is 0 Å². The highest BCUT2D eigenvalue weighted by Crippen LogP contribution is 2.46. The summed E-state index contributed by atoms with van der Waals surface area (Å²) in [6, 6.07) is 6.63. The van der Waals surface area contributed by atoms with Crippen LogP contribution >= 0.6 is 10.5 Å². The molecule has 0 aromatic carbocycles. The first kappa shape index (κ1) is 18.3. The van der Waals surface area contributed by atoms with Crippen molar-refractivity contribution in [2.24, 2.45) is 5.92 Å². The summed E-state index contributed by atoms with van der Waals surface area (Å²) in [6.45, 7) is 5.10. The molecule has 2 amide bonds. The normalized spacial score (nSPS) is 13.9. The van der Waals surface area contributed by atoms with Gasteiger partial charge in [0, 0.05) is 12.8 Å². The van der Waals surface area contributed by atoms with Gasteiger partial charge in [0.25, 0.3) is 4.83 Å². The van der Waals surface area contributed by atoms with Crippen molar-refractivity contribution in [3.63, 3.8) is 0 Å². The van der Waals surface area contributed by atoms with Gasteiger partial charge < -0.3 is 20.0 Å².